The van der Waals surface area contributed by atoms with E-state index >= 15 is 0 Å². The number of carboxylic acids is 1. The molecule has 5 heteroatoms. The third-order valence-corrected chi connectivity index (χ3v) is 4.20. The number of benzene rings is 2. The van der Waals surface area contributed by atoms with Crippen LogP contribution in [0.25, 0.3) is 0 Å². The number of rotatable bonds is 1. The Labute approximate surface area is 131 Å². The molecule has 2 aromatic rings. The van der Waals surface area contributed by atoms with Crippen molar-refractivity contribution in [2.75, 3.05) is 0 Å². The summed E-state index contributed by atoms with van der Waals surface area (Å²) in [6.45, 7) is 0. The highest BCUT2D eigenvalue weighted by Gasteiger charge is 2.24. The fourth-order valence-electron chi connectivity index (χ4n) is 2.62. The Morgan fingerprint density at radius 1 is 1.05 bits per heavy atom. The Bertz CT molecular complexity index is 781. The van der Waals surface area contributed by atoms with Crippen LogP contribution in [0.3, 0.4) is 0 Å². The van der Waals surface area contributed by atoms with Crippen molar-refractivity contribution in [2.24, 2.45) is 0 Å². The number of hydrogen-bond acceptors (Lipinski definition) is 2. The van der Waals surface area contributed by atoms with Crippen molar-refractivity contribution >= 4 is 35.0 Å². The van der Waals surface area contributed by atoms with E-state index in [0.29, 0.717) is 34.0 Å². The first-order valence-electron chi connectivity index (χ1n) is 6.36. The smallest absolute Gasteiger partial charge is 0.335 e. The summed E-state index contributed by atoms with van der Waals surface area (Å²) in [6.07, 6.45) is 1.14. The molecule has 0 amide bonds. The molecule has 0 spiro atoms. The second-order valence-corrected chi connectivity index (χ2v) is 5.76. The minimum absolute atomic E-state index is 0.168. The molecule has 0 heterocycles. The number of ketones is 1. The molecule has 0 aromatic heterocycles. The van der Waals surface area contributed by atoms with Gasteiger partial charge in [-0.25, -0.2) is 4.79 Å². The molecule has 0 bridgehead atoms. The van der Waals surface area contributed by atoms with E-state index in [1.807, 2.05) is 0 Å². The number of halogens is 2. The Morgan fingerprint density at radius 2 is 1.81 bits per heavy atom. The lowest BCUT2D eigenvalue weighted by Crippen LogP contribution is -2.06. The summed E-state index contributed by atoms with van der Waals surface area (Å²) < 4.78 is 0. The highest BCUT2D eigenvalue weighted by atomic mass is 35.5. The molecule has 0 saturated carbocycles. The van der Waals surface area contributed by atoms with Gasteiger partial charge in [-0.3, -0.25) is 4.79 Å². The van der Waals surface area contributed by atoms with Gasteiger partial charge in [0.25, 0.3) is 0 Å². The lowest BCUT2D eigenvalue weighted by molar-refractivity contribution is 0.0696. The maximum Gasteiger partial charge on any atom is 0.335 e. The van der Waals surface area contributed by atoms with Gasteiger partial charge in [-0.05, 0) is 54.3 Å². The van der Waals surface area contributed by atoms with Crippen LogP contribution in [0, 0.1) is 0 Å². The highest BCUT2D eigenvalue weighted by molar-refractivity contribution is 6.36. The molecular formula is C16H10Cl2O3. The summed E-state index contributed by atoms with van der Waals surface area (Å²) in [5, 5.41) is 9.94. The molecule has 3 nitrogen and oxygen atoms in total. The molecule has 0 unspecified atom stereocenters. The first kappa shape index (κ1) is 14.1. The predicted octanol–water partition coefficient (Wildman–Crippen LogP) is 4.02. The fourth-order valence-corrected chi connectivity index (χ4v) is 3.21. The van der Waals surface area contributed by atoms with E-state index < -0.39 is 5.97 Å². The fraction of sp³-hybridized carbons (Fsp3) is 0.125. The van der Waals surface area contributed by atoms with Gasteiger partial charge in [-0.2, -0.15) is 0 Å². The summed E-state index contributed by atoms with van der Waals surface area (Å²) >= 11 is 12.2. The molecule has 2 aromatic carbocycles. The maximum atomic E-state index is 12.6. The minimum atomic E-state index is -1.01. The molecule has 106 valence electrons. The van der Waals surface area contributed by atoms with Crippen LogP contribution < -0.4 is 0 Å². The van der Waals surface area contributed by atoms with E-state index in [-0.39, 0.29) is 11.3 Å². The Hall–Kier alpha value is -1.84. The van der Waals surface area contributed by atoms with Crippen molar-refractivity contribution in [3.63, 3.8) is 0 Å². The number of carbonyl (C=O) groups excluding carboxylic acids is 1. The van der Waals surface area contributed by atoms with Crippen molar-refractivity contribution in [2.45, 2.75) is 12.8 Å². The SMILES string of the molecule is O=C(O)c1ccc2c(c1)CCc1c(Cl)cc(Cl)cc1C2=O. The number of aromatic carboxylic acids is 1. The first-order valence-corrected chi connectivity index (χ1v) is 7.12. The zero-order valence-corrected chi connectivity index (χ0v) is 12.3. The molecule has 0 radical (unpaired) electrons. The Balaban J connectivity index is 2.18. The van der Waals surface area contributed by atoms with Gasteiger partial charge in [0.2, 0.25) is 0 Å². The Morgan fingerprint density at radius 3 is 2.52 bits per heavy atom. The van der Waals surface area contributed by atoms with Gasteiger partial charge >= 0.3 is 5.97 Å². The van der Waals surface area contributed by atoms with Crippen LogP contribution in [0.2, 0.25) is 10.0 Å². The zero-order valence-electron chi connectivity index (χ0n) is 10.8. The molecule has 1 N–H and O–H groups in total. The van der Waals surface area contributed by atoms with Crippen LogP contribution in [0.5, 0.6) is 0 Å². The van der Waals surface area contributed by atoms with Gasteiger partial charge in [0, 0.05) is 21.2 Å². The van der Waals surface area contributed by atoms with Crippen molar-refractivity contribution in [1.29, 1.82) is 0 Å². The van der Waals surface area contributed by atoms with E-state index in [0.717, 1.165) is 11.1 Å². The Kier molecular flexibility index (Phi) is 3.47. The van der Waals surface area contributed by atoms with E-state index in [1.54, 1.807) is 24.3 Å². The van der Waals surface area contributed by atoms with E-state index in [2.05, 4.69) is 0 Å². The molecule has 0 aliphatic heterocycles. The van der Waals surface area contributed by atoms with E-state index in [4.69, 9.17) is 28.3 Å². The standard InChI is InChI=1S/C16H10Cl2O3/c17-10-6-13-12(14(18)7-10)4-1-8-5-9(16(20)21)2-3-11(8)15(13)19/h2-3,5-7H,1,4H2,(H,20,21). The summed E-state index contributed by atoms with van der Waals surface area (Å²) in [5.74, 6) is -1.17. The quantitative estimate of drug-likeness (QED) is 0.863. The molecule has 0 saturated heterocycles. The van der Waals surface area contributed by atoms with Gasteiger partial charge in [0.05, 0.1) is 5.56 Å². The highest BCUT2D eigenvalue weighted by Crippen LogP contribution is 2.32. The van der Waals surface area contributed by atoms with Crippen molar-refractivity contribution < 1.29 is 14.7 Å². The summed E-state index contributed by atoms with van der Waals surface area (Å²) in [4.78, 5) is 23.7. The van der Waals surface area contributed by atoms with Crippen LogP contribution in [-0.2, 0) is 12.8 Å². The molecule has 0 atom stereocenters. The predicted molar refractivity (Wildman–Crippen MR) is 80.7 cm³/mol. The number of fused-ring (bicyclic) bond motifs is 2. The molecule has 3 rings (SSSR count). The van der Waals surface area contributed by atoms with Gasteiger partial charge in [0.15, 0.2) is 5.78 Å². The van der Waals surface area contributed by atoms with Gasteiger partial charge < -0.3 is 5.11 Å². The van der Waals surface area contributed by atoms with E-state index in [1.165, 1.54) is 6.07 Å². The lowest BCUT2D eigenvalue weighted by atomic mass is 9.97. The van der Waals surface area contributed by atoms with Crippen molar-refractivity contribution in [3.05, 3.63) is 68.2 Å². The topological polar surface area (TPSA) is 54.4 Å². The third kappa shape index (κ3) is 2.43. The second kappa shape index (κ2) is 5.17. The normalized spacial score (nSPS) is 13.3. The van der Waals surface area contributed by atoms with Crippen LogP contribution in [0.1, 0.15) is 37.4 Å². The average molecular weight is 321 g/mol. The van der Waals surface area contributed by atoms with E-state index in [9.17, 15) is 9.59 Å². The third-order valence-electron chi connectivity index (χ3n) is 3.65. The minimum Gasteiger partial charge on any atom is -0.478 e. The monoisotopic (exact) mass is 320 g/mol. The molecule has 0 fully saturated rings. The average Bonchev–Trinajstić information content (AvgIpc) is 2.57. The van der Waals surface area contributed by atoms with Crippen LogP contribution >= 0.6 is 23.2 Å². The van der Waals surface area contributed by atoms with Crippen LogP contribution in [0.15, 0.2) is 30.3 Å². The molecule has 1 aliphatic rings. The van der Waals surface area contributed by atoms with Gasteiger partial charge in [0.1, 0.15) is 0 Å². The first-order chi connectivity index (χ1) is 9.97. The number of aryl methyl sites for hydroxylation is 1. The maximum absolute atomic E-state index is 12.6. The molecule has 21 heavy (non-hydrogen) atoms. The van der Waals surface area contributed by atoms with Crippen molar-refractivity contribution in [3.8, 4) is 0 Å². The largest absolute Gasteiger partial charge is 0.478 e. The second-order valence-electron chi connectivity index (χ2n) is 4.92. The van der Waals surface area contributed by atoms with Gasteiger partial charge in [-0.1, -0.05) is 23.2 Å². The lowest BCUT2D eigenvalue weighted by Gasteiger charge is -2.08. The number of carbonyl (C=O) groups is 2. The number of hydrogen-bond donors (Lipinski definition) is 1. The van der Waals surface area contributed by atoms with Crippen LogP contribution in [0.4, 0.5) is 0 Å². The molecule has 1 aliphatic carbocycles. The number of carboxylic acid groups (broad SMARTS) is 1. The molecular weight excluding hydrogens is 311 g/mol. The van der Waals surface area contributed by atoms with Crippen LogP contribution in [-0.4, -0.2) is 16.9 Å². The summed E-state index contributed by atoms with van der Waals surface area (Å²) in [6, 6.07) is 7.79. The zero-order chi connectivity index (χ0) is 15.1. The van der Waals surface area contributed by atoms with Gasteiger partial charge in [-0.15, -0.1) is 0 Å². The summed E-state index contributed by atoms with van der Waals surface area (Å²) in [5.41, 5.74) is 2.67. The van der Waals surface area contributed by atoms with Crippen molar-refractivity contribution in [1.82, 2.24) is 0 Å². The summed E-state index contributed by atoms with van der Waals surface area (Å²) in [7, 11) is 0.